The lowest BCUT2D eigenvalue weighted by molar-refractivity contribution is -0.139. The second-order valence-corrected chi connectivity index (χ2v) is 8.40. The molecule has 1 atom stereocenters. The topological polar surface area (TPSA) is 114 Å². The largest absolute Gasteiger partial charge is 0.463 e. The van der Waals surface area contributed by atoms with E-state index in [4.69, 9.17) is 21.1 Å². The Morgan fingerprint density at radius 2 is 1.74 bits per heavy atom. The molecule has 35 heavy (non-hydrogen) atoms. The molecule has 2 aromatic rings. The lowest BCUT2D eigenvalue weighted by Crippen LogP contribution is -2.47. The third-order valence-corrected chi connectivity index (χ3v) is 5.94. The Bertz CT molecular complexity index is 1180. The molecule has 0 bridgehead atoms. The number of nitrogens with one attached hydrogen (secondary N) is 2. The second kappa shape index (κ2) is 10.6. The molecule has 9 nitrogen and oxygen atoms in total. The number of carbonyl (C=O) groups is 4. The van der Waals surface area contributed by atoms with Crippen molar-refractivity contribution >= 4 is 41.2 Å². The first-order valence-corrected chi connectivity index (χ1v) is 11.6. The minimum atomic E-state index is -0.814. The van der Waals surface area contributed by atoms with Crippen LogP contribution in [0.3, 0.4) is 0 Å². The van der Waals surface area contributed by atoms with Crippen molar-refractivity contribution in [2.45, 2.75) is 25.8 Å². The fourth-order valence-electron chi connectivity index (χ4n) is 4.01. The summed E-state index contributed by atoms with van der Waals surface area (Å²) >= 11 is 5.97. The molecule has 0 radical (unpaired) electrons. The Morgan fingerprint density at radius 1 is 1.03 bits per heavy atom. The van der Waals surface area contributed by atoms with Gasteiger partial charge in [-0.25, -0.2) is 14.4 Å². The van der Waals surface area contributed by atoms with Gasteiger partial charge in [0, 0.05) is 23.7 Å². The first kappa shape index (κ1) is 24.3. The maximum atomic E-state index is 12.8. The average molecular weight is 498 g/mol. The number of ether oxygens (including phenoxy) is 2. The Balaban J connectivity index is 1.54. The molecular weight excluding hydrogens is 474 g/mol. The van der Waals surface area contributed by atoms with Gasteiger partial charge in [-0.2, -0.15) is 0 Å². The molecule has 0 unspecified atom stereocenters. The van der Waals surface area contributed by atoms with E-state index in [1.54, 1.807) is 60.4 Å². The summed E-state index contributed by atoms with van der Waals surface area (Å²) < 4.78 is 10.6. The Hall–Kier alpha value is -3.85. The average Bonchev–Trinajstić information content (AvgIpc) is 3.28. The highest BCUT2D eigenvalue weighted by Gasteiger charge is 2.34. The van der Waals surface area contributed by atoms with Crippen LogP contribution in [-0.2, 0) is 19.1 Å². The smallest absolute Gasteiger partial charge is 0.338 e. The highest BCUT2D eigenvalue weighted by atomic mass is 35.5. The van der Waals surface area contributed by atoms with Gasteiger partial charge < -0.3 is 25.0 Å². The van der Waals surface area contributed by atoms with Gasteiger partial charge in [0.05, 0.1) is 29.5 Å². The summed E-state index contributed by atoms with van der Waals surface area (Å²) in [6.07, 6.45) is 1.32. The minimum absolute atomic E-state index is 0.0515. The molecule has 0 saturated carbocycles. The minimum Gasteiger partial charge on any atom is -0.463 e. The number of hydrogen-bond donors (Lipinski definition) is 2. The maximum absolute atomic E-state index is 12.8. The number of urea groups is 1. The number of rotatable bonds is 7. The molecule has 2 aliphatic heterocycles. The second-order valence-electron chi connectivity index (χ2n) is 7.97. The van der Waals surface area contributed by atoms with Crippen molar-refractivity contribution in [3.63, 3.8) is 0 Å². The summed E-state index contributed by atoms with van der Waals surface area (Å²) in [6, 6.07) is 11.8. The molecule has 10 heteroatoms. The van der Waals surface area contributed by atoms with Gasteiger partial charge in [-0.15, -0.1) is 0 Å². The van der Waals surface area contributed by atoms with Crippen molar-refractivity contribution in [1.82, 2.24) is 10.6 Å². The number of anilines is 1. The van der Waals surface area contributed by atoms with E-state index < -0.39 is 24.0 Å². The van der Waals surface area contributed by atoms with Gasteiger partial charge in [0.2, 0.25) is 5.91 Å². The van der Waals surface area contributed by atoms with Crippen molar-refractivity contribution in [1.29, 1.82) is 0 Å². The van der Waals surface area contributed by atoms with Crippen molar-refractivity contribution in [2.75, 3.05) is 24.7 Å². The van der Waals surface area contributed by atoms with Gasteiger partial charge in [0.25, 0.3) is 0 Å². The number of benzene rings is 2. The van der Waals surface area contributed by atoms with E-state index in [2.05, 4.69) is 10.6 Å². The van der Waals surface area contributed by atoms with Crippen LogP contribution in [-0.4, -0.2) is 43.6 Å². The van der Waals surface area contributed by atoms with Gasteiger partial charge in [-0.3, -0.25) is 4.79 Å². The first-order valence-electron chi connectivity index (χ1n) is 11.2. The molecule has 1 saturated heterocycles. The summed E-state index contributed by atoms with van der Waals surface area (Å²) in [4.78, 5) is 51.4. The van der Waals surface area contributed by atoms with Crippen LogP contribution in [0, 0.1) is 0 Å². The van der Waals surface area contributed by atoms with E-state index in [-0.39, 0.29) is 36.0 Å². The van der Waals surface area contributed by atoms with Gasteiger partial charge in [0.1, 0.15) is 6.61 Å². The molecule has 1 fully saturated rings. The number of esters is 2. The zero-order valence-corrected chi connectivity index (χ0v) is 19.8. The molecule has 3 amide bonds. The normalized spacial score (nSPS) is 17.7. The molecule has 0 aliphatic carbocycles. The first-order chi connectivity index (χ1) is 16.9. The molecule has 4 rings (SSSR count). The quantitative estimate of drug-likeness (QED) is 0.566. The highest BCUT2D eigenvalue weighted by molar-refractivity contribution is 6.30. The van der Waals surface area contributed by atoms with E-state index in [1.165, 1.54) is 0 Å². The highest BCUT2D eigenvalue weighted by Crippen LogP contribution is 2.29. The van der Waals surface area contributed by atoms with E-state index >= 15 is 0 Å². The molecule has 2 heterocycles. The number of nitrogens with zero attached hydrogens (tertiary/aromatic N) is 1. The summed E-state index contributed by atoms with van der Waals surface area (Å²) in [6.45, 7) is 2.10. The monoisotopic (exact) mass is 497 g/mol. The van der Waals surface area contributed by atoms with Crippen LogP contribution in [0.25, 0.3) is 0 Å². The summed E-state index contributed by atoms with van der Waals surface area (Å²) in [7, 11) is 0. The van der Waals surface area contributed by atoms with Crippen molar-refractivity contribution in [2.24, 2.45) is 0 Å². The Kier molecular flexibility index (Phi) is 7.36. The third-order valence-electron chi connectivity index (χ3n) is 5.69. The number of carbonyl (C=O) groups excluding carboxylic acids is 4. The van der Waals surface area contributed by atoms with Gasteiger partial charge >= 0.3 is 18.0 Å². The fourth-order valence-corrected chi connectivity index (χ4v) is 4.13. The van der Waals surface area contributed by atoms with Crippen LogP contribution < -0.4 is 15.5 Å². The summed E-state index contributed by atoms with van der Waals surface area (Å²) in [5.74, 6) is -1.24. The van der Waals surface area contributed by atoms with Crippen LogP contribution in [0.1, 0.15) is 41.7 Å². The van der Waals surface area contributed by atoms with Crippen molar-refractivity contribution in [3.05, 3.63) is 76.0 Å². The van der Waals surface area contributed by atoms with Crippen molar-refractivity contribution in [3.8, 4) is 0 Å². The predicted molar refractivity (Wildman–Crippen MR) is 128 cm³/mol. The van der Waals surface area contributed by atoms with Crippen molar-refractivity contribution < 1.29 is 28.7 Å². The zero-order valence-electron chi connectivity index (χ0n) is 19.0. The zero-order chi connectivity index (χ0) is 24.9. The fraction of sp³-hybridized carbons (Fsp3) is 0.280. The molecule has 2 N–H and O–H groups in total. The molecule has 2 aliphatic rings. The van der Waals surface area contributed by atoms with Crippen LogP contribution in [0.15, 0.2) is 59.8 Å². The number of amides is 3. The van der Waals surface area contributed by atoms with Crippen LogP contribution in [0.5, 0.6) is 0 Å². The van der Waals surface area contributed by atoms with Crippen LogP contribution in [0.4, 0.5) is 10.5 Å². The van der Waals surface area contributed by atoms with Gasteiger partial charge in [-0.05, 0) is 55.3 Å². The maximum Gasteiger partial charge on any atom is 0.338 e. The number of halogens is 1. The summed E-state index contributed by atoms with van der Waals surface area (Å²) in [5.41, 5.74) is 1.86. The molecule has 0 aromatic heterocycles. The van der Waals surface area contributed by atoms with Gasteiger partial charge in [0.15, 0.2) is 0 Å². The van der Waals surface area contributed by atoms with E-state index in [0.717, 1.165) is 6.42 Å². The molecular formula is C25H24ClN3O6. The van der Waals surface area contributed by atoms with E-state index in [0.29, 0.717) is 29.2 Å². The standard InChI is InChI=1S/C25H24ClN3O6/c1-2-34-24(32)21-19(27-25(33)28-22(21)15-5-9-17(26)10-6-15)14-35-23(31)16-7-11-18(12-8-16)29-13-3-4-20(29)30/h5-12,22H,2-4,13-14H2,1H3,(H2,27,28,33)/t22-/m0/s1. The van der Waals surface area contributed by atoms with Crippen LogP contribution in [0.2, 0.25) is 5.02 Å². The Morgan fingerprint density at radius 3 is 2.37 bits per heavy atom. The van der Waals surface area contributed by atoms with Crippen LogP contribution >= 0.6 is 11.6 Å². The lowest BCUT2D eigenvalue weighted by Gasteiger charge is -2.29. The molecule has 2 aromatic carbocycles. The molecule has 0 spiro atoms. The van der Waals surface area contributed by atoms with E-state index in [9.17, 15) is 19.2 Å². The summed E-state index contributed by atoms with van der Waals surface area (Å²) in [5, 5.41) is 5.76. The van der Waals surface area contributed by atoms with Gasteiger partial charge in [-0.1, -0.05) is 23.7 Å². The number of hydrogen-bond acceptors (Lipinski definition) is 6. The Labute approximate surface area is 207 Å². The van der Waals surface area contributed by atoms with E-state index in [1.807, 2.05) is 0 Å². The lowest BCUT2D eigenvalue weighted by atomic mass is 9.95. The third kappa shape index (κ3) is 5.46. The SMILES string of the molecule is CCOC(=O)C1=C(COC(=O)c2ccc(N3CCCC3=O)cc2)NC(=O)N[C@H]1c1ccc(Cl)cc1. The molecule has 182 valence electrons. The predicted octanol–water partition coefficient (Wildman–Crippen LogP) is 3.49.